The van der Waals surface area contributed by atoms with Crippen LogP contribution in [0.25, 0.3) is 0 Å². The minimum atomic E-state index is -0.628. The normalized spacial score (nSPS) is 12.2. The number of hydrogen-bond acceptors (Lipinski definition) is 3. The van der Waals surface area contributed by atoms with Crippen LogP contribution in [0.2, 0.25) is 5.02 Å². The Labute approximate surface area is 92.8 Å². The summed E-state index contributed by atoms with van der Waals surface area (Å²) in [6.07, 6.45) is -0.628. The number of nitrogens with one attached hydrogen (secondary N) is 1. The molecule has 15 heavy (non-hydrogen) atoms. The molecular formula is C10H12ClNO3. The topological polar surface area (TPSA) is 58.6 Å². The van der Waals surface area contributed by atoms with Crippen molar-refractivity contribution in [1.82, 2.24) is 5.48 Å². The van der Waals surface area contributed by atoms with Gasteiger partial charge in [-0.1, -0.05) is 23.7 Å². The van der Waals surface area contributed by atoms with Crippen molar-refractivity contribution in [1.29, 1.82) is 0 Å². The molecular weight excluding hydrogens is 218 g/mol. The van der Waals surface area contributed by atoms with Crippen molar-refractivity contribution in [2.45, 2.75) is 13.0 Å². The van der Waals surface area contributed by atoms with Crippen molar-refractivity contribution < 1.29 is 14.7 Å². The number of benzene rings is 1. The van der Waals surface area contributed by atoms with Crippen LogP contribution in [0.15, 0.2) is 24.3 Å². The summed E-state index contributed by atoms with van der Waals surface area (Å²) >= 11 is 5.79. The highest BCUT2D eigenvalue weighted by molar-refractivity contribution is 6.33. The summed E-state index contributed by atoms with van der Waals surface area (Å²) < 4.78 is 0. The largest absolute Gasteiger partial charge is 0.391 e. The molecule has 2 N–H and O–H groups in total. The van der Waals surface area contributed by atoms with Gasteiger partial charge < -0.3 is 5.11 Å². The second kappa shape index (κ2) is 5.70. The molecule has 0 aliphatic rings. The lowest BCUT2D eigenvalue weighted by Gasteiger charge is -2.07. The lowest BCUT2D eigenvalue weighted by atomic mass is 10.2. The number of hydrogen-bond donors (Lipinski definition) is 2. The smallest absolute Gasteiger partial charge is 0.276 e. The number of amides is 1. The van der Waals surface area contributed by atoms with Gasteiger partial charge in [-0.2, -0.15) is 0 Å². The molecule has 82 valence electrons. The first-order valence-electron chi connectivity index (χ1n) is 4.46. The van der Waals surface area contributed by atoms with Crippen molar-refractivity contribution in [3.63, 3.8) is 0 Å². The molecule has 0 spiro atoms. The van der Waals surface area contributed by atoms with Gasteiger partial charge >= 0.3 is 0 Å². The number of carbonyl (C=O) groups excluding carboxylic acids is 1. The van der Waals surface area contributed by atoms with Gasteiger partial charge in [-0.25, -0.2) is 5.48 Å². The Morgan fingerprint density at radius 3 is 2.87 bits per heavy atom. The minimum Gasteiger partial charge on any atom is -0.391 e. The Kier molecular flexibility index (Phi) is 4.55. The molecule has 4 nitrogen and oxygen atoms in total. The first-order chi connectivity index (χ1) is 7.11. The Morgan fingerprint density at radius 2 is 2.27 bits per heavy atom. The van der Waals surface area contributed by atoms with E-state index in [1.165, 1.54) is 0 Å². The predicted octanol–water partition coefficient (Wildman–Crippen LogP) is 1.38. The molecule has 5 heteroatoms. The van der Waals surface area contributed by atoms with Gasteiger partial charge in [0.05, 0.1) is 16.7 Å². The highest BCUT2D eigenvalue weighted by Gasteiger charge is 2.09. The Balaban J connectivity index is 2.51. The highest BCUT2D eigenvalue weighted by atomic mass is 35.5. The first kappa shape index (κ1) is 12.0. The number of rotatable bonds is 4. The van der Waals surface area contributed by atoms with Gasteiger partial charge in [-0.05, 0) is 19.1 Å². The van der Waals surface area contributed by atoms with E-state index in [1.807, 2.05) is 0 Å². The molecule has 1 rings (SSSR count). The van der Waals surface area contributed by atoms with Crippen LogP contribution >= 0.6 is 11.6 Å². The van der Waals surface area contributed by atoms with E-state index in [-0.39, 0.29) is 6.61 Å². The van der Waals surface area contributed by atoms with Crippen LogP contribution in [0.1, 0.15) is 17.3 Å². The maximum Gasteiger partial charge on any atom is 0.276 e. The molecule has 0 aliphatic carbocycles. The molecule has 0 aliphatic heterocycles. The Hall–Kier alpha value is -1.10. The van der Waals surface area contributed by atoms with E-state index in [4.69, 9.17) is 21.5 Å². The molecule has 1 amide bonds. The fraction of sp³-hybridized carbons (Fsp3) is 0.300. The van der Waals surface area contributed by atoms with Crippen LogP contribution in [-0.4, -0.2) is 23.7 Å². The van der Waals surface area contributed by atoms with Crippen LogP contribution in [0, 0.1) is 0 Å². The number of aliphatic hydroxyl groups is 1. The minimum absolute atomic E-state index is 0.0379. The van der Waals surface area contributed by atoms with Gasteiger partial charge in [0.25, 0.3) is 5.91 Å². The molecule has 0 saturated heterocycles. The van der Waals surface area contributed by atoms with Crippen molar-refractivity contribution >= 4 is 17.5 Å². The molecule has 0 bridgehead atoms. The summed E-state index contributed by atoms with van der Waals surface area (Å²) in [5.41, 5.74) is 2.53. The van der Waals surface area contributed by atoms with Gasteiger partial charge in [-0.15, -0.1) is 0 Å². The quantitative estimate of drug-likeness (QED) is 0.767. The van der Waals surface area contributed by atoms with Crippen LogP contribution in [-0.2, 0) is 4.84 Å². The van der Waals surface area contributed by atoms with Crippen molar-refractivity contribution in [3.05, 3.63) is 34.9 Å². The number of halogens is 1. The lowest BCUT2D eigenvalue weighted by Crippen LogP contribution is -2.27. The van der Waals surface area contributed by atoms with Crippen molar-refractivity contribution in [2.24, 2.45) is 0 Å². The van der Waals surface area contributed by atoms with E-state index in [1.54, 1.807) is 31.2 Å². The molecule has 0 heterocycles. The summed E-state index contributed by atoms with van der Waals surface area (Å²) in [5.74, 6) is -0.429. The lowest BCUT2D eigenvalue weighted by molar-refractivity contribution is -0.00686. The summed E-state index contributed by atoms with van der Waals surface area (Å²) in [4.78, 5) is 16.2. The van der Waals surface area contributed by atoms with Crippen molar-refractivity contribution in [3.8, 4) is 0 Å². The van der Waals surface area contributed by atoms with Crippen LogP contribution < -0.4 is 5.48 Å². The van der Waals surface area contributed by atoms with E-state index in [2.05, 4.69) is 5.48 Å². The summed E-state index contributed by atoms with van der Waals surface area (Å²) in [7, 11) is 0. The summed E-state index contributed by atoms with van der Waals surface area (Å²) in [6, 6.07) is 6.64. The molecule has 0 fully saturated rings. The van der Waals surface area contributed by atoms with E-state index >= 15 is 0 Å². The fourth-order valence-corrected chi connectivity index (χ4v) is 1.15. The third-order valence-electron chi connectivity index (χ3n) is 1.61. The molecule has 0 unspecified atom stereocenters. The summed E-state index contributed by atoms with van der Waals surface area (Å²) in [6.45, 7) is 1.60. The Bertz CT molecular complexity index is 341. The predicted molar refractivity (Wildman–Crippen MR) is 56.6 cm³/mol. The van der Waals surface area contributed by atoms with Gasteiger partial charge in [0.1, 0.15) is 6.61 Å². The Morgan fingerprint density at radius 1 is 1.60 bits per heavy atom. The first-order valence-corrected chi connectivity index (χ1v) is 4.84. The molecule has 0 aromatic heterocycles. The fourth-order valence-electron chi connectivity index (χ4n) is 0.928. The zero-order valence-electron chi connectivity index (χ0n) is 8.24. The summed E-state index contributed by atoms with van der Waals surface area (Å²) in [5, 5.41) is 9.25. The van der Waals surface area contributed by atoms with Crippen LogP contribution in [0.5, 0.6) is 0 Å². The molecule has 1 aromatic carbocycles. The second-order valence-corrected chi connectivity index (χ2v) is 3.48. The van der Waals surface area contributed by atoms with Crippen LogP contribution in [0.3, 0.4) is 0 Å². The standard InChI is InChI=1S/C10H12ClNO3/c1-7(13)6-15-12-10(14)8-4-2-3-5-9(8)11/h2-5,7,13H,6H2,1H3,(H,12,14)/t7-/m0/s1. The molecule has 1 aromatic rings. The van der Waals surface area contributed by atoms with Gasteiger partial charge in [-0.3, -0.25) is 9.63 Å². The molecule has 0 saturated carbocycles. The maximum absolute atomic E-state index is 11.4. The number of hydroxylamine groups is 1. The average molecular weight is 230 g/mol. The monoisotopic (exact) mass is 229 g/mol. The zero-order chi connectivity index (χ0) is 11.3. The van der Waals surface area contributed by atoms with E-state index in [0.29, 0.717) is 10.6 Å². The highest BCUT2D eigenvalue weighted by Crippen LogP contribution is 2.14. The van der Waals surface area contributed by atoms with Gasteiger partial charge in [0.15, 0.2) is 0 Å². The average Bonchev–Trinajstić information content (AvgIpc) is 2.17. The van der Waals surface area contributed by atoms with Crippen molar-refractivity contribution in [2.75, 3.05) is 6.61 Å². The molecule has 1 atom stereocenters. The SMILES string of the molecule is C[C@H](O)CONC(=O)c1ccccc1Cl. The third kappa shape index (κ3) is 3.87. The van der Waals surface area contributed by atoms with E-state index in [9.17, 15) is 4.79 Å². The number of aliphatic hydroxyl groups excluding tert-OH is 1. The van der Waals surface area contributed by atoms with Gasteiger partial charge in [0, 0.05) is 0 Å². The molecule has 0 radical (unpaired) electrons. The maximum atomic E-state index is 11.4. The van der Waals surface area contributed by atoms with Gasteiger partial charge in [0.2, 0.25) is 0 Å². The second-order valence-electron chi connectivity index (χ2n) is 3.07. The third-order valence-corrected chi connectivity index (χ3v) is 1.94. The van der Waals surface area contributed by atoms with Crippen LogP contribution in [0.4, 0.5) is 0 Å². The van der Waals surface area contributed by atoms with E-state index in [0.717, 1.165) is 0 Å². The van der Waals surface area contributed by atoms with E-state index < -0.39 is 12.0 Å². The number of carbonyl (C=O) groups is 1. The zero-order valence-corrected chi connectivity index (χ0v) is 8.99.